The number of aryl methyl sites for hydroxylation is 1. The van der Waals surface area contributed by atoms with Crippen LogP contribution in [0.2, 0.25) is 0 Å². The van der Waals surface area contributed by atoms with Crippen molar-refractivity contribution in [3.8, 4) is 5.75 Å². The normalized spacial score (nSPS) is 17.9. The largest absolute Gasteiger partial charge is 0.493 e. The van der Waals surface area contributed by atoms with Gasteiger partial charge in [-0.2, -0.15) is 0 Å². The molecule has 0 saturated carbocycles. The van der Waals surface area contributed by atoms with Gasteiger partial charge in [0.25, 0.3) is 5.91 Å². The highest BCUT2D eigenvalue weighted by Crippen LogP contribution is 2.39. The van der Waals surface area contributed by atoms with E-state index in [-0.39, 0.29) is 12.3 Å². The van der Waals surface area contributed by atoms with Gasteiger partial charge in [-0.15, -0.1) is 0 Å². The van der Waals surface area contributed by atoms with Gasteiger partial charge in [0.15, 0.2) is 18.2 Å². The zero-order valence-corrected chi connectivity index (χ0v) is 19.5. The molecular formula is C27H28N3O4+. The van der Waals surface area contributed by atoms with E-state index in [1.807, 2.05) is 13.0 Å². The molecule has 1 aliphatic heterocycles. The molecule has 1 aliphatic rings. The van der Waals surface area contributed by atoms with Crippen LogP contribution >= 0.6 is 0 Å². The van der Waals surface area contributed by atoms with Crippen molar-refractivity contribution in [2.24, 2.45) is 11.8 Å². The molecule has 0 radical (unpaired) electrons. The highest BCUT2D eigenvalue weighted by molar-refractivity contribution is 6.44. The van der Waals surface area contributed by atoms with Crippen molar-refractivity contribution < 1.29 is 24.1 Å². The molecule has 2 aromatic heterocycles. The Bertz CT molecular complexity index is 1200. The van der Waals surface area contributed by atoms with Gasteiger partial charge in [-0.05, 0) is 53.8 Å². The number of nitrogens with zero attached hydrogens (tertiary/aromatic N) is 2. The summed E-state index contributed by atoms with van der Waals surface area (Å²) in [7, 11) is 0. The summed E-state index contributed by atoms with van der Waals surface area (Å²) < 4.78 is 5.82. The Labute approximate surface area is 198 Å². The van der Waals surface area contributed by atoms with Crippen molar-refractivity contribution in [3.63, 3.8) is 0 Å². The Hall–Kier alpha value is -3.87. The van der Waals surface area contributed by atoms with Crippen LogP contribution in [-0.2, 0) is 16.1 Å². The summed E-state index contributed by atoms with van der Waals surface area (Å²) >= 11 is 0. The lowest BCUT2D eigenvalue weighted by atomic mass is 9.86. The van der Waals surface area contributed by atoms with Crippen LogP contribution in [0.15, 0.2) is 67.3 Å². The Morgan fingerprint density at radius 1 is 1.15 bits per heavy atom. The topological polar surface area (TPSA) is 90.7 Å². The number of likely N-dealkylation sites (tertiary alicyclic amines) is 1. The number of hydrogen-bond acceptors (Lipinski definition) is 5. The number of aromatic nitrogens is 2. The maximum atomic E-state index is 13.7. The van der Waals surface area contributed by atoms with Gasteiger partial charge in [-0.25, -0.2) is 4.98 Å². The lowest BCUT2D eigenvalue weighted by molar-refractivity contribution is -0.378. The van der Waals surface area contributed by atoms with E-state index in [0.29, 0.717) is 29.4 Å². The lowest BCUT2D eigenvalue weighted by Gasteiger charge is -2.26. The van der Waals surface area contributed by atoms with Gasteiger partial charge in [0.2, 0.25) is 5.78 Å². The number of amides is 1. The smallest absolute Gasteiger partial charge is 0.291 e. The van der Waals surface area contributed by atoms with Crippen LogP contribution < -0.4 is 9.72 Å². The third-order valence-electron chi connectivity index (χ3n) is 5.88. The minimum Gasteiger partial charge on any atom is -0.493 e. The fraction of sp³-hybridized carbons (Fsp3) is 0.296. The van der Waals surface area contributed by atoms with Crippen molar-refractivity contribution in [3.05, 3.63) is 89.5 Å². The second-order valence-corrected chi connectivity index (χ2v) is 8.96. The summed E-state index contributed by atoms with van der Waals surface area (Å²) in [4.78, 5) is 48.5. The summed E-state index contributed by atoms with van der Waals surface area (Å²) in [6, 6.07) is 11.7. The predicted octanol–water partition coefficient (Wildman–Crippen LogP) is 3.39. The van der Waals surface area contributed by atoms with Crippen LogP contribution in [0.4, 0.5) is 0 Å². The quantitative estimate of drug-likeness (QED) is 0.293. The highest BCUT2D eigenvalue weighted by Gasteiger charge is 2.51. The van der Waals surface area contributed by atoms with Gasteiger partial charge in [0, 0.05) is 36.6 Å². The van der Waals surface area contributed by atoms with Crippen LogP contribution in [0.1, 0.15) is 46.9 Å². The summed E-state index contributed by atoms with van der Waals surface area (Å²) in [6.07, 6.45) is 6.74. The number of pyridine rings is 2. The number of Topliss-reactive ketones (excluding diaryl/α,β-unsaturated/α-hetero) is 2. The SMILES string of the molecule is Cc1cc(C(=O)C2C(=O)C(=O)N(Cc3cccnc3)C2c2cc[nH+]cc2)ccc1OCC(C)C. The molecule has 174 valence electrons. The molecule has 7 nitrogen and oxygen atoms in total. The van der Waals surface area contributed by atoms with Crippen LogP contribution in [-0.4, -0.2) is 34.0 Å². The molecule has 3 heterocycles. The lowest BCUT2D eigenvalue weighted by Crippen LogP contribution is -2.30. The number of hydrogen-bond donors (Lipinski definition) is 0. The Morgan fingerprint density at radius 2 is 1.91 bits per heavy atom. The predicted molar refractivity (Wildman–Crippen MR) is 125 cm³/mol. The van der Waals surface area contributed by atoms with Gasteiger partial charge in [0.1, 0.15) is 11.7 Å². The second kappa shape index (κ2) is 9.95. The average molecular weight is 459 g/mol. The number of nitrogens with one attached hydrogen (secondary N) is 1. The van der Waals surface area contributed by atoms with E-state index in [9.17, 15) is 14.4 Å². The highest BCUT2D eigenvalue weighted by atomic mass is 16.5. The van der Waals surface area contributed by atoms with Crippen LogP contribution in [0.5, 0.6) is 5.75 Å². The summed E-state index contributed by atoms with van der Waals surface area (Å²) in [5.74, 6) is -1.78. The molecule has 1 amide bonds. The monoisotopic (exact) mass is 458 g/mol. The van der Waals surface area contributed by atoms with Crippen molar-refractivity contribution in [2.75, 3.05) is 6.61 Å². The van der Waals surface area contributed by atoms with E-state index in [0.717, 1.165) is 11.1 Å². The summed E-state index contributed by atoms with van der Waals surface area (Å²) in [6.45, 7) is 6.75. The second-order valence-electron chi connectivity index (χ2n) is 8.96. The number of benzene rings is 1. The molecule has 2 atom stereocenters. The van der Waals surface area contributed by atoms with Gasteiger partial charge in [-0.1, -0.05) is 19.9 Å². The number of H-pyrrole nitrogens is 1. The summed E-state index contributed by atoms with van der Waals surface area (Å²) in [5, 5.41) is 0. The zero-order chi connectivity index (χ0) is 24.2. The van der Waals surface area contributed by atoms with Crippen molar-refractivity contribution in [1.82, 2.24) is 9.88 Å². The molecule has 0 spiro atoms. The first-order chi connectivity index (χ1) is 16.4. The number of aromatic amines is 1. The minimum atomic E-state index is -1.13. The molecule has 7 heteroatoms. The number of carbonyl (C=O) groups excluding carboxylic acids is 3. The molecule has 34 heavy (non-hydrogen) atoms. The molecular weight excluding hydrogens is 430 g/mol. The molecule has 1 N–H and O–H groups in total. The Kier molecular flexibility index (Phi) is 6.82. The summed E-state index contributed by atoms with van der Waals surface area (Å²) in [5.41, 5.74) is 2.69. The number of ether oxygens (including phenoxy) is 1. The van der Waals surface area contributed by atoms with Gasteiger partial charge >= 0.3 is 0 Å². The first-order valence-electron chi connectivity index (χ1n) is 11.3. The maximum absolute atomic E-state index is 13.7. The van der Waals surface area contributed by atoms with E-state index >= 15 is 0 Å². The van der Waals surface area contributed by atoms with Crippen molar-refractivity contribution in [1.29, 1.82) is 0 Å². The Balaban J connectivity index is 1.69. The fourth-order valence-corrected chi connectivity index (χ4v) is 4.22. The molecule has 2 unspecified atom stereocenters. The maximum Gasteiger partial charge on any atom is 0.291 e. The van der Waals surface area contributed by atoms with Crippen LogP contribution in [0.3, 0.4) is 0 Å². The fourth-order valence-electron chi connectivity index (χ4n) is 4.22. The van der Waals surface area contributed by atoms with E-state index in [4.69, 9.17) is 4.74 Å². The van der Waals surface area contributed by atoms with Gasteiger partial charge in [0.05, 0.1) is 12.6 Å². The van der Waals surface area contributed by atoms with Crippen molar-refractivity contribution in [2.45, 2.75) is 33.4 Å². The van der Waals surface area contributed by atoms with Crippen LogP contribution in [0, 0.1) is 18.8 Å². The third-order valence-corrected chi connectivity index (χ3v) is 5.88. The molecule has 1 fully saturated rings. The Morgan fingerprint density at radius 3 is 2.56 bits per heavy atom. The van der Waals surface area contributed by atoms with Gasteiger partial charge < -0.3 is 9.64 Å². The molecule has 0 aliphatic carbocycles. The van der Waals surface area contributed by atoms with E-state index in [1.165, 1.54) is 4.90 Å². The van der Waals surface area contributed by atoms with Gasteiger partial charge in [-0.3, -0.25) is 19.4 Å². The number of ketones is 2. The molecule has 3 aromatic rings. The molecule has 0 bridgehead atoms. The van der Waals surface area contributed by atoms with Crippen molar-refractivity contribution >= 4 is 17.5 Å². The molecule has 1 aromatic carbocycles. The third kappa shape index (κ3) is 4.73. The number of rotatable bonds is 8. The number of carbonyl (C=O) groups is 3. The zero-order valence-electron chi connectivity index (χ0n) is 19.5. The average Bonchev–Trinajstić information content (AvgIpc) is 3.09. The van der Waals surface area contributed by atoms with E-state index < -0.39 is 23.7 Å². The standard InChI is InChI=1S/C27H27N3O4/c1-17(2)16-34-22-7-6-21(13-18(22)3)25(31)23-24(20-8-11-28-12-9-20)30(27(33)26(23)32)15-19-5-4-10-29-14-19/h4-14,17,23-24H,15-16H2,1-3H3/p+1. The first-order valence-corrected chi connectivity index (χ1v) is 11.3. The molecule has 1 saturated heterocycles. The van der Waals surface area contributed by atoms with E-state index in [2.05, 4.69) is 23.8 Å². The van der Waals surface area contributed by atoms with E-state index in [1.54, 1.807) is 61.2 Å². The molecule has 4 rings (SSSR count). The minimum absolute atomic E-state index is 0.187. The first kappa shape index (κ1) is 23.3. The van der Waals surface area contributed by atoms with Crippen LogP contribution in [0.25, 0.3) is 0 Å².